The number of amides is 1. The topological polar surface area (TPSA) is 204 Å². The van der Waals surface area contributed by atoms with Gasteiger partial charge in [0.2, 0.25) is 11.7 Å². The highest BCUT2D eigenvalue weighted by Crippen LogP contribution is 2.25. The summed E-state index contributed by atoms with van der Waals surface area (Å²) in [6.45, 7) is 0.400. The van der Waals surface area contributed by atoms with Crippen LogP contribution in [-0.2, 0) is 6.54 Å². The standard InChI is InChI=1S/C21H28N6O6/c1-27(10-13-9-14-17(22)25-21(23)26-19(14)33-13)12-7-5-11(6-8-12)18(30)24-15(20(31)32)3-2-4-16(28)29/h5-9,15-16,20,28-29,31-32H,2-4,10H2,1H3,(H,24,30)(H4,22,23,25,26). The lowest BCUT2D eigenvalue weighted by atomic mass is 10.1. The van der Waals surface area contributed by atoms with Gasteiger partial charge in [-0.05, 0) is 49.6 Å². The number of nitrogens with two attached hydrogens (primary N) is 2. The van der Waals surface area contributed by atoms with Crippen LogP contribution in [0.3, 0.4) is 0 Å². The second-order valence-electron chi connectivity index (χ2n) is 7.71. The average molecular weight is 460 g/mol. The number of nitrogen functional groups attached to an aromatic ring is 2. The number of benzene rings is 1. The second-order valence-corrected chi connectivity index (χ2v) is 7.71. The zero-order valence-electron chi connectivity index (χ0n) is 18.0. The number of rotatable bonds is 10. The highest BCUT2D eigenvalue weighted by atomic mass is 16.5. The van der Waals surface area contributed by atoms with E-state index in [1.807, 2.05) is 11.9 Å². The number of nitrogens with zero attached hydrogens (tertiary/aromatic N) is 3. The van der Waals surface area contributed by atoms with Gasteiger partial charge in [-0.1, -0.05) is 0 Å². The SMILES string of the molecule is CN(Cc1cc2c(N)nc(N)nc2o1)c1ccc(C(=O)NC(CCCC(O)O)C(O)O)cc1. The monoisotopic (exact) mass is 460 g/mol. The maximum Gasteiger partial charge on any atom is 0.251 e. The molecule has 0 bridgehead atoms. The van der Waals surface area contributed by atoms with Crippen molar-refractivity contribution in [1.82, 2.24) is 15.3 Å². The minimum absolute atomic E-state index is 0.0325. The highest BCUT2D eigenvalue weighted by Gasteiger charge is 2.20. The Morgan fingerprint density at radius 3 is 2.45 bits per heavy atom. The number of carbonyl (C=O) groups is 1. The van der Waals surface area contributed by atoms with Crippen LogP contribution in [0, 0.1) is 0 Å². The van der Waals surface area contributed by atoms with Gasteiger partial charge in [0.15, 0.2) is 12.6 Å². The molecule has 178 valence electrons. The number of furan rings is 1. The summed E-state index contributed by atoms with van der Waals surface area (Å²) in [5.41, 5.74) is 12.9. The van der Waals surface area contributed by atoms with E-state index in [9.17, 15) is 15.0 Å². The van der Waals surface area contributed by atoms with Crippen LogP contribution in [0.4, 0.5) is 17.5 Å². The first kappa shape index (κ1) is 24.2. The molecule has 0 aliphatic rings. The molecule has 0 saturated heterocycles. The number of fused-ring (bicyclic) bond motifs is 1. The lowest BCUT2D eigenvalue weighted by Gasteiger charge is -2.21. The van der Waals surface area contributed by atoms with Crippen LogP contribution in [0.2, 0.25) is 0 Å². The van der Waals surface area contributed by atoms with E-state index in [4.69, 9.17) is 26.1 Å². The molecule has 0 fully saturated rings. The third-order valence-corrected chi connectivity index (χ3v) is 5.11. The number of carbonyl (C=O) groups excluding carboxylic acids is 1. The minimum Gasteiger partial charge on any atom is -0.441 e. The fraction of sp³-hybridized carbons (Fsp3) is 0.381. The first-order valence-electron chi connectivity index (χ1n) is 10.3. The first-order chi connectivity index (χ1) is 15.6. The van der Waals surface area contributed by atoms with Crippen molar-refractivity contribution in [3.05, 3.63) is 41.7 Å². The van der Waals surface area contributed by atoms with Crippen molar-refractivity contribution < 1.29 is 29.6 Å². The molecule has 0 aliphatic heterocycles. The number of nitrogens with one attached hydrogen (secondary N) is 1. The zero-order valence-corrected chi connectivity index (χ0v) is 18.0. The van der Waals surface area contributed by atoms with Crippen LogP contribution in [-0.4, -0.2) is 62.0 Å². The summed E-state index contributed by atoms with van der Waals surface area (Å²) < 4.78 is 5.70. The molecule has 0 saturated carbocycles. The molecule has 12 heteroatoms. The van der Waals surface area contributed by atoms with E-state index in [-0.39, 0.29) is 24.6 Å². The van der Waals surface area contributed by atoms with Crippen molar-refractivity contribution in [3.8, 4) is 0 Å². The summed E-state index contributed by atoms with van der Waals surface area (Å²) in [6, 6.07) is 7.53. The van der Waals surface area contributed by atoms with Gasteiger partial charge >= 0.3 is 0 Å². The zero-order chi connectivity index (χ0) is 24.1. The van der Waals surface area contributed by atoms with Crippen molar-refractivity contribution >= 4 is 34.5 Å². The molecule has 9 N–H and O–H groups in total. The molecule has 2 heterocycles. The fourth-order valence-electron chi connectivity index (χ4n) is 3.35. The molecule has 0 aliphatic carbocycles. The van der Waals surface area contributed by atoms with Crippen molar-refractivity contribution in [2.24, 2.45) is 0 Å². The van der Waals surface area contributed by atoms with Crippen LogP contribution in [0.25, 0.3) is 11.1 Å². The maximum atomic E-state index is 12.5. The quantitative estimate of drug-likeness (QED) is 0.199. The van der Waals surface area contributed by atoms with Gasteiger partial charge in [-0.3, -0.25) is 4.79 Å². The van der Waals surface area contributed by atoms with Crippen LogP contribution >= 0.6 is 0 Å². The third kappa shape index (κ3) is 6.29. The summed E-state index contributed by atoms with van der Waals surface area (Å²) in [5, 5.41) is 39.9. The summed E-state index contributed by atoms with van der Waals surface area (Å²) in [5.74, 6) is 0.402. The smallest absolute Gasteiger partial charge is 0.251 e. The Labute approximate surface area is 189 Å². The van der Waals surface area contributed by atoms with Crippen molar-refractivity contribution in [3.63, 3.8) is 0 Å². The van der Waals surface area contributed by atoms with E-state index in [2.05, 4.69) is 15.3 Å². The van der Waals surface area contributed by atoms with Gasteiger partial charge in [0.1, 0.15) is 11.6 Å². The molecule has 3 aromatic rings. The number of anilines is 3. The molecule has 1 unspecified atom stereocenters. The Morgan fingerprint density at radius 1 is 1.12 bits per heavy atom. The molecule has 1 atom stereocenters. The Bertz CT molecular complexity index is 1080. The number of hydrogen-bond acceptors (Lipinski definition) is 11. The molecule has 1 amide bonds. The van der Waals surface area contributed by atoms with Gasteiger partial charge in [0.25, 0.3) is 5.91 Å². The van der Waals surface area contributed by atoms with Gasteiger partial charge in [0, 0.05) is 18.3 Å². The van der Waals surface area contributed by atoms with E-state index in [1.54, 1.807) is 30.3 Å². The Hall–Kier alpha value is -3.45. The summed E-state index contributed by atoms with van der Waals surface area (Å²) in [6.07, 6.45) is -2.70. The van der Waals surface area contributed by atoms with Crippen LogP contribution < -0.4 is 21.7 Å². The summed E-state index contributed by atoms with van der Waals surface area (Å²) in [4.78, 5) is 22.3. The van der Waals surface area contributed by atoms with Gasteiger partial charge in [-0.2, -0.15) is 9.97 Å². The van der Waals surface area contributed by atoms with Gasteiger partial charge in [-0.25, -0.2) is 0 Å². The van der Waals surface area contributed by atoms with E-state index in [0.717, 1.165) is 5.69 Å². The Morgan fingerprint density at radius 2 is 1.82 bits per heavy atom. The molecule has 33 heavy (non-hydrogen) atoms. The molecule has 2 aromatic heterocycles. The lowest BCUT2D eigenvalue weighted by Crippen LogP contribution is -2.43. The van der Waals surface area contributed by atoms with Gasteiger partial charge < -0.3 is 46.5 Å². The van der Waals surface area contributed by atoms with Crippen LogP contribution in [0.1, 0.15) is 35.4 Å². The number of aromatic nitrogens is 2. The molecule has 1 aromatic carbocycles. The summed E-state index contributed by atoms with van der Waals surface area (Å²) >= 11 is 0. The first-order valence-corrected chi connectivity index (χ1v) is 10.3. The summed E-state index contributed by atoms with van der Waals surface area (Å²) in [7, 11) is 1.85. The molecular formula is C21H28N6O6. The molecule has 3 rings (SSSR count). The van der Waals surface area contributed by atoms with Crippen molar-refractivity contribution in [1.29, 1.82) is 0 Å². The van der Waals surface area contributed by atoms with Crippen LogP contribution in [0.5, 0.6) is 0 Å². The predicted molar refractivity (Wildman–Crippen MR) is 121 cm³/mol. The predicted octanol–water partition coefficient (Wildman–Crippen LogP) is -0.0863. The van der Waals surface area contributed by atoms with Crippen molar-refractivity contribution in [2.45, 2.75) is 44.4 Å². The Kier molecular flexibility index (Phi) is 7.66. The van der Waals surface area contributed by atoms with E-state index < -0.39 is 24.5 Å². The molecule has 12 nitrogen and oxygen atoms in total. The lowest BCUT2D eigenvalue weighted by molar-refractivity contribution is -0.0724. The third-order valence-electron chi connectivity index (χ3n) is 5.11. The number of hydrogen-bond donors (Lipinski definition) is 7. The van der Waals surface area contributed by atoms with Crippen LogP contribution in [0.15, 0.2) is 34.7 Å². The normalized spacial score (nSPS) is 12.5. The van der Waals surface area contributed by atoms with Crippen molar-refractivity contribution in [2.75, 3.05) is 23.4 Å². The molecule has 0 spiro atoms. The molecule has 0 radical (unpaired) electrons. The minimum atomic E-state index is -1.77. The van der Waals surface area contributed by atoms with E-state index >= 15 is 0 Å². The number of aliphatic hydroxyl groups is 4. The average Bonchev–Trinajstić information content (AvgIpc) is 3.15. The van der Waals surface area contributed by atoms with E-state index in [0.29, 0.717) is 35.4 Å². The largest absolute Gasteiger partial charge is 0.441 e. The van der Waals surface area contributed by atoms with Gasteiger partial charge in [-0.15, -0.1) is 0 Å². The van der Waals surface area contributed by atoms with E-state index in [1.165, 1.54) is 0 Å². The maximum absolute atomic E-state index is 12.5. The van der Waals surface area contributed by atoms with Gasteiger partial charge in [0.05, 0.1) is 18.0 Å². The molecular weight excluding hydrogens is 432 g/mol. The number of aliphatic hydroxyl groups excluding tert-OH is 2. The highest BCUT2D eigenvalue weighted by molar-refractivity contribution is 5.94. The Balaban J connectivity index is 1.62. The fourth-order valence-corrected chi connectivity index (χ4v) is 3.35. The second kappa shape index (κ2) is 10.4.